The van der Waals surface area contributed by atoms with Crippen LogP contribution in [0.4, 0.5) is 4.39 Å². The fourth-order valence-corrected chi connectivity index (χ4v) is 1.07. The highest BCUT2D eigenvalue weighted by Gasteiger charge is 2.02. The third-order valence-electron chi connectivity index (χ3n) is 1.28. The smallest absolute Gasteiger partial charge is 0.149 e. The molecule has 0 saturated heterocycles. The van der Waals surface area contributed by atoms with Crippen LogP contribution in [0, 0.1) is 5.82 Å². The highest BCUT2D eigenvalue weighted by Crippen LogP contribution is 2.18. The lowest BCUT2D eigenvalue weighted by Gasteiger charge is -2.00. The minimum absolute atomic E-state index is 0.333. The van der Waals surface area contributed by atoms with E-state index >= 15 is 0 Å². The van der Waals surface area contributed by atoms with E-state index in [4.69, 9.17) is 0 Å². The third kappa shape index (κ3) is 1.87. The molecule has 1 aromatic rings. The Morgan fingerprint density at radius 3 is 2.82 bits per heavy atom. The molecule has 0 atom stereocenters. The number of pyridine rings is 1. The molecule has 1 heterocycles. The summed E-state index contributed by atoms with van der Waals surface area (Å²) in [6, 6.07) is 1.61. The zero-order valence-electron chi connectivity index (χ0n) is 6.06. The van der Waals surface area contributed by atoms with E-state index in [1.807, 2.05) is 0 Å². The molecular formula is C8H7BrFN. The van der Waals surface area contributed by atoms with Crippen LogP contribution in [0.3, 0.4) is 0 Å². The number of allylic oxidation sites excluding steroid dienone is 1. The molecule has 1 nitrogen and oxygen atoms in total. The highest BCUT2D eigenvalue weighted by molar-refractivity contribution is 9.10. The van der Waals surface area contributed by atoms with Crippen molar-refractivity contribution in [2.75, 3.05) is 0 Å². The summed E-state index contributed by atoms with van der Waals surface area (Å²) in [5.74, 6) is -0.333. The molecule has 0 aromatic carbocycles. The Labute approximate surface area is 73.1 Å². The van der Waals surface area contributed by atoms with Gasteiger partial charge in [-0.05, 0) is 34.5 Å². The van der Waals surface area contributed by atoms with Crippen molar-refractivity contribution in [1.29, 1.82) is 0 Å². The maximum absolute atomic E-state index is 12.9. The molecule has 0 aliphatic carbocycles. The Morgan fingerprint density at radius 2 is 2.36 bits per heavy atom. The van der Waals surface area contributed by atoms with Gasteiger partial charge in [0.15, 0.2) is 0 Å². The predicted molar refractivity (Wildman–Crippen MR) is 46.6 cm³/mol. The zero-order chi connectivity index (χ0) is 8.43. The van der Waals surface area contributed by atoms with Crippen molar-refractivity contribution in [3.63, 3.8) is 0 Å². The number of nitrogens with zero attached hydrogens (tertiary/aromatic N) is 1. The molecule has 1 aromatic heterocycles. The number of aromatic nitrogens is 1. The van der Waals surface area contributed by atoms with Crippen molar-refractivity contribution in [2.45, 2.75) is 6.92 Å². The van der Waals surface area contributed by atoms with Crippen LogP contribution in [0.15, 0.2) is 23.4 Å². The number of hydrogen-bond donors (Lipinski definition) is 0. The third-order valence-corrected chi connectivity index (χ3v) is 1.72. The van der Waals surface area contributed by atoms with Crippen LogP contribution in [0.1, 0.15) is 12.5 Å². The maximum atomic E-state index is 12.9. The van der Waals surface area contributed by atoms with Crippen LogP contribution in [0.2, 0.25) is 0 Å². The molecule has 0 fully saturated rings. The quantitative estimate of drug-likeness (QED) is 0.657. The molecule has 11 heavy (non-hydrogen) atoms. The van der Waals surface area contributed by atoms with E-state index in [0.29, 0.717) is 15.7 Å². The van der Waals surface area contributed by atoms with E-state index in [9.17, 15) is 4.39 Å². The van der Waals surface area contributed by atoms with Crippen LogP contribution in [0.25, 0.3) is 5.57 Å². The summed E-state index contributed by atoms with van der Waals surface area (Å²) >= 11 is 3.15. The number of hydrogen-bond acceptors (Lipinski definition) is 1. The van der Waals surface area contributed by atoms with Crippen molar-refractivity contribution in [2.24, 2.45) is 0 Å². The first-order chi connectivity index (χ1) is 5.11. The van der Waals surface area contributed by atoms with Gasteiger partial charge in [-0.1, -0.05) is 6.58 Å². The molecule has 0 saturated carbocycles. The van der Waals surface area contributed by atoms with Gasteiger partial charge in [0.1, 0.15) is 10.4 Å². The molecule has 0 unspecified atom stereocenters. The lowest BCUT2D eigenvalue weighted by molar-refractivity contribution is 0.616. The fraction of sp³-hybridized carbons (Fsp3) is 0.125. The standard InChI is InChI=1S/C8H7BrFN/c1-5(2)6-3-8(9)11-4-7(6)10/h3-4H,1H2,2H3. The van der Waals surface area contributed by atoms with Gasteiger partial charge in [-0.15, -0.1) is 0 Å². The molecule has 1 rings (SSSR count). The minimum Gasteiger partial charge on any atom is -0.246 e. The van der Waals surface area contributed by atoms with Crippen LogP contribution < -0.4 is 0 Å². The fourth-order valence-electron chi connectivity index (χ4n) is 0.740. The summed E-state index contributed by atoms with van der Waals surface area (Å²) in [5, 5.41) is 0. The van der Waals surface area contributed by atoms with Crippen molar-refractivity contribution in [3.05, 3.63) is 34.8 Å². The van der Waals surface area contributed by atoms with Crippen molar-refractivity contribution in [1.82, 2.24) is 4.98 Å². The van der Waals surface area contributed by atoms with Gasteiger partial charge in [-0.25, -0.2) is 9.37 Å². The summed E-state index contributed by atoms with van der Waals surface area (Å²) in [5.41, 5.74) is 1.21. The minimum atomic E-state index is -0.333. The Morgan fingerprint density at radius 1 is 1.73 bits per heavy atom. The predicted octanol–water partition coefficient (Wildman–Crippen LogP) is 3.02. The largest absolute Gasteiger partial charge is 0.246 e. The maximum Gasteiger partial charge on any atom is 0.149 e. The molecule has 0 spiro atoms. The zero-order valence-corrected chi connectivity index (χ0v) is 7.65. The van der Waals surface area contributed by atoms with Crippen LogP contribution in [0.5, 0.6) is 0 Å². The second-order valence-electron chi connectivity index (χ2n) is 2.27. The summed E-state index contributed by atoms with van der Waals surface area (Å²) in [6.07, 6.45) is 1.17. The van der Waals surface area contributed by atoms with E-state index in [1.54, 1.807) is 13.0 Å². The molecule has 58 valence electrons. The Kier molecular flexibility index (Phi) is 2.39. The van der Waals surface area contributed by atoms with Crippen LogP contribution in [-0.4, -0.2) is 4.98 Å². The first-order valence-corrected chi connectivity index (χ1v) is 3.87. The van der Waals surface area contributed by atoms with Gasteiger partial charge in [0, 0.05) is 5.56 Å². The van der Waals surface area contributed by atoms with Gasteiger partial charge in [0.25, 0.3) is 0 Å². The van der Waals surface area contributed by atoms with Crippen LogP contribution >= 0.6 is 15.9 Å². The SMILES string of the molecule is C=C(C)c1cc(Br)ncc1F. The molecule has 0 bridgehead atoms. The van der Waals surface area contributed by atoms with E-state index < -0.39 is 0 Å². The van der Waals surface area contributed by atoms with Crippen molar-refractivity contribution >= 4 is 21.5 Å². The average Bonchev–Trinajstić information content (AvgIpc) is 1.94. The Balaban J connectivity index is 3.23. The molecule has 0 radical (unpaired) electrons. The number of rotatable bonds is 1. The average molecular weight is 216 g/mol. The van der Waals surface area contributed by atoms with Gasteiger partial charge in [-0.2, -0.15) is 0 Å². The summed E-state index contributed by atoms with van der Waals surface area (Å²) < 4.78 is 13.5. The molecule has 0 amide bonds. The summed E-state index contributed by atoms with van der Waals surface area (Å²) in [7, 11) is 0. The Hall–Kier alpha value is -0.700. The van der Waals surface area contributed by atoms with E-state index in [2.05, 4.69) is 27.5 Å². The van der Waals surface area contributed by atoms with E-state index in [0.717, 1.165) is 0 Å². The summed E-state index contributed by atoms with van der Waals surface area (Å²) in [4.78, 5) is 3.72. The van der Waals surface area contributed by atoms with Gasteiger partial charge in [0.05, 0.1) is 6.20 Å². The first-order valence-electron chi connectivity index (χ1n) is 3.08. The van der Waals surface area contributed by atoms with Crippen molar-refractivity contribution in [3.8, 4) is 0 Å². The summed E-state index contributed by atoms with van der Waals surface area (Å²) in [6.45, 7) is 5.39. The van der Waals surface area contributed by atoms with Crippen molar-refractivity contribution < 1.29 is 4.39 Å². The van der Waals surface area contributed by atoms with Crippen LogP contribution in [-0.2, 0) is 0 Å². The lowest BCUT2D eigenvalue weighted by atomic mass is 10.1. The van der Waals surface area contributed by atoms with Gasteiger partial charge in [-0.3, -0.25) is 0 Å². The first kappa shape index (κ1) is 8.40. The lowest BCUT2D eigenvalue weighted by Crippen LogP contribution is -1.87. The topological polar surface area (TPSA) is 12.9 Å². The number of halogens is 2. The normalized spacial score (nSPS) is 9.73. The van der Waals surface area contributed by atoms with E-state index in [1.165, 1.54) is 6.20 Å². The van der Waals surface area contributed by atoms with Gasteiger partial charge >= 0.3 is 0 Å². The Bertz CT molecular complexity index is 296. The molecule has 3 heteroatoms. The molecule has 0 aliphatic rings. The van der Waals surface area contributed by atoms with Gasteiger partial charge in [0.2, 0.25) is 0 Å². The molecule has 0 N–H and O–H groups in total. The second-order valence-corrected chi connectivity index (χ2v) is 3.08. The molecular weight excluding hydrogens is 209 g/mol. The van der Waals surface area contributed by atoms with E-state index in [-0.39, 0.29) is 5.82 Å². The molecule has 0 aliphatic heterocycles. The second kappa shape index (κ2) is 3.13. The monoisotopic (exact) mass is 215 g/mol. The van der Waals surface area contributed by atoms with Gasteiger partial charge < -0.3 is 0 Å². The highest BCUT2D eigenvalue weighted by atomic mass is 79.9.